The maximum Gasteiger partial charge on any atom is 0.0956 e. The number of aromatic nitrogens is 1. The summed E-state index contributed by atoms with van der Waals surface area (Å²) < 4.78 is 5.31. The SMILES string of the molecule is Cc1nc(C(C)C)sc1C1(CN)COC1. The van der Waals surface area contributed by atoms with Gasteiger partial charge in [0.1, 0.15) is 0 Å². The number of hydrogen-bond donors (Lipinski definition) is 1. The minimum absolute atomic E-state index is 0.0644. The molecule has 0 saturated carbocycles. The Kier molecular flexibility index (Phi) is 2.83. The Morgan fingerprint density at radius 3 is 2.53 bits per heavy atom. The van der Waals surface area contributed by atoms with Gasteiger partial charge in [-0.25, -0.2) is 4.98 Å². The van der Waals surface area contributed by atoms with Gasteiger partial charge in [0.15, 0.2) is 0 Å². The van der Waals surface area contributed by atoms with Crippen molar-refractivity contribution in [2.24, 2.45) is 5.73 Å². The molecule has 0 amide bonds. The lowest BCUT2D eigenvalue weighted by Gasteiger charge is -2.39. The number of rotatable bonds is 3. The average molecular weight is 226 g/mol. The summed E-state index contributed by atoms with van der Waals surface area (Å²) >= 11 is 1.80. The summed E-state index contributed by atoms with van der Waals surface area (Å²) in [5.74, 6) is 0.498. The molecule has 0 spiro atoms. The topological polar surface area (TPSA) is 48.1 Å². The van der Waals surface area contributed by atoms with Crippen molar-refractivity contribution in [2.45, 2.75) is 32.1 Å². The van der Waals surface area contributed by atoms with Crippen LogP contribution in [0.1, 0.15) is 35.3 Å². The minimum atomic E-state index is 0.0644. The van der Waals surface area contributed by atoms with Crippen LogP contribution in [0.5, 0.6) is 0 Å². The zero-order valence-corrected chi connectivity index (χ0v) is 10.4. The third kappa shape index (κ3) is 1.71. The third-order valence-electron chi connectivity index (χ3n) is 2.94. The van der Waals surface area contributed by atoms with Crippen LogP contribution in [0.4, 0.5) is 0 Å². The maximum atomic E-state index is 5.85. The van der Waals surface area contributed by atoms with Gasteiger partial charge < -0.3 is 10.5 Å². The first-order valence-corrected chi connectivity index (χ1v) is 6.16. The van der Waals surface area contributed by atoms with E-state index in [2.05, 4.69) is 25.8 Å². The molecule has 2 rings (SSSR count). The Balaban J connectivity index is 2.35. The fourth-order valence-corrected chi connectivity index (χ4v) is 3.08. The molecule has 0 unspecified atom stereocenters. The van der Waals surface area contributed by atoms with Gasteiger partial charge in [-0.2, -0.15) is 0 Å². The minimum Gasteiger partial charge on any atom is -0.379 e. The maximum absolute atomic E-state index is 5.85. The van der Waals surface area contributed by atoms with Crippen LogP contribution in [-0.2, 0) is 10.2 Å². The van der Waals surface area contributed by atoms with Crippen LogP contribution in [0.3, 0.4) is 0 Å². The molecule has 0 radical (unpaired) electrons. The van der Waals surface area contributed by atoms with Gasteiger partial charge in [-0.05, 0) is 6.92 Å². The molecular formula is C11H18N2OS. The van der Waals surface area contributed by atoms with Crippen molar-refractivity contribution >= 4 is 11.3 Å². The first kappa shape index (κ1) is 11.0. The molecule has 2 N–H and O–H groups in total. The summed E-state index contributed by atoms with van der Waals surface area (Å²) in [4.78, 5) is 5.95. The zero-order valence-electron chi connectivity index (χ0n) is 9.54. The molecule has 1 saturated heterocycles. The molecule has 0 aromatic carbocycles. The van der Waals surface area contributed by atoms with Gasteiger partial charge in [0.05, 0.1) is 29.3 Å². The van der Waals surface area contributed by atoms with E-state index in [9.17, 15) is 0 Å². The number of nitrogens with zero attached hydrogens (tertiary/aromatic N) is 1. The smallest absolute Gasteiger partial charge is 0.0956 e. The van der Waals surface area contributed by atoms with Gasteiger partial charge in [0, 0.05) is 17.3 Å². The quantitative estimate of drug-likeness (QED) is 0.855. The molecule has 84 valence electrons. The van der Waals surface area contributed by atoms with Crippen molar-refractivity contribution in [2.75, 3.05) is 19.8 Å². The first-order valence-electron chi connectivity index (χ1n) is 5.35. The molecule has 1 aromatic rings. The Morgan fingerprint density at radius 2 is 2.20 bits per heavy atom. The van der Waals surface area contributed by atoms with E-state index in [4.69, 9.17) is 10.5 Å². The van der Waals surface area contributed by atoms with Crippen LogP contribution in [0.15, 0.2) is 0 Å². The van der Waals surface area contributed by atoms with E-state index in [0.717, 1.165) is 18.9 Å². The monoisotopic (exact) mass is 226 g/mol. The zero-order chi connectivity index (χ0) is 11.1. The molecule has 1 fully saturated rings. The van der Waals surface area contributed by atoms with E-state index in [1.807, 2.05) is 0 Å². The lowest BCUT2D eigenvalue weighted by Crippen LogP contribution is -2.52. The predicted molar refractivity (Wildman–Crippen MR) is 62.5 cm³/mol. The standard InChI is InChI=1S/C11H18N2OS/c1-7(2)10-13-8(3)9(15-10)11(4-12)5-14-6-11/h7H,4-6,12H2,1-3H3. The van der Waals surface area contributed by atoms with Crippen LogP contribution < -0.4 is 5.73 Å². The normalized spacial score (nSPS) is 19.3. The molecule has 1 aliphatic heterocycles. The van der Waals surface area contributed by atoms with E-state index in [1.54, 1.807) is 11.3 Å². The van der Waals surface area contributed by atoms with Gasteiger partial charge in [-0.1, -0.05) is 13.8 Å². The molecule has 0 atom stereocenters. The summed E-state index contributed by atoms with van der Waals surface area (Å²) in [5.41, 5.74) is 7.05. The molecule has 15 heavy (non-hydrogen) atoms. The summed E-state index contributed by atoms with van der Waals surface area (Å²) in [7, 11) is 0. The first-order chi connectivity index (χ1) is 7.09. The number of nitrogens with two attached hydrogens (primary N) is 1. The number of ether oxygens (including phenoxy) is 1. The molecule has 1 aromatic heterocycles. The second-order valence-corrected chi connectivity index (χ2v) is 5.63. The molecule has 2 heterocycles. The van der Waals surface area contributed by atoms with Crippen LogP contribution >= 0.6 is 11.3 Å². The molecule has 3 nitrogen and oxygen atoms in total. The van der Waals surface area contributed by atoms with Crippen molar-refractivity contribution in [3.63, 3.8) is 0 Å². The molecule has 4 heteroatoms. The molecular weight excluding hydrogens is 208 g/mol. The van der Waals surface area contributed by atoms with E-state index < -0.39 is 0 Å². The van der Waals surface area contributed by atoms with Crippen molar-refractivity contribution < 1.29 is 4.74 Å². The summed E-state index contributed by atoms with van der Waals surface area (Å²) in [6.45, 7) is 8.60. The van der Waals surface area contributed by atoms with Crippen LogP contribution in [0.25, 0.3) is 0 Å². The van der Waals surface area contributed by atoms with Crippen molar-refractivity contribution in [3.05, 3.63) is 15.6 Å². The van der Waals surface area contributed by atoms with Crippen LogP contribution in [0, 0.1) is 6.92 Å². The fourth-order valence-electron chi connectivity index (χ4n) is 1.85. The van der Waals surface area contributed by atoms with Gasteiger partial charge in [0.2, 0.25) is 0 Å². The highest BCUT2D eigenvalue weighted by Gasteiger charge is 2.42. The lowest BCUT2D eigenvalue weighted by molar-refractivity contribution is -0.0535. The summed E-state index contributed by atoms with van der Waals surface area (Å²) in [6.07, 6.45) is 0. The van der Waals surface area contributed by atoms with E-state index >= 15 is 0 Å². The average Bonchev–Trinajstić information content (AvgIpc) is 2.48. The van der Waals surface area contributed by atoms with Gasteiger partial charge in [-0.15, -0.1) is 11.3 Å². The number of aryl methyl sites for hydroxylation is 1. The van der Waals surface area contributed by atoms with E-state index in [0.29, 0.717) is 12.5 Å². The highest BCUT2D eigenvalue weighted by Crippen LogP contribution is 2.38. The highest BCUT2D eigenvalue weighted by molar-refractivity contribution is 7.12. The van der Waals surface area contributed by atoms with Gasteiger partial charge >= 0.3 is 0 Å². The van der Waals surface area contributed by atoms with Crippen molar-refractivity contribution in [1.29, 1.82) is 0 Å². The third-order valence-corrected chi connectivity index (χ3v) is 4.64. The molecule has 1 aliphatic rings. The number of hydrogen-bond acceptors (Lipinski definition) is 4. The van der Waals surface area contributed by atoms with E-state index in [1.165, 1.54) is 9.88 Å². The molecule has 0 bridgehead atoms. The van der Waals surface area contributed by atoms with Crippen molar-refractivity contribution in [3.8, 4) is 0 Å². The van der Waals surface area contributed by atoms with E-state index in [-0.39, 0.29) is 5.41 Å². The highest BCUT2D eigenvalue weighted by atomic mass is 32.1. The fraction of sp³-hybridized carbons (Fsp3) is 0.727. The summed E-state index contributed by atoms with van der Waals surface area (Å²) in [5, 5.41) is 1.21. The van der Waals surface area contributed by atoms with Crippen LogP contribution in [0.2, 0.25) is 0 Å². The largest absolute Gasteiger partial charge is 0.379 e. The Hall–Kier alpha value is -0.450. The lowest BCUT2D eigenvalue weighted by atomic mass is 9.83. The predicted octanol–water partition coefficient (Wildman–Crippen LogP) is 1.80. The van der Waals surface area contributed by atoms with Gasteiger partial charge in [0.25, 0.3) is 0 Å². The Morgan fingerprint density at radius 1 is 1.53 bits per heavy atom. The van der Waals surface area contributed by atoms with Crippen LogP contribution in [-0.4, -0.2) is 24.7 Å². The Bertz CT molecular complexity index is 350. The van der Waals surface area contributed by atoms with Crippen molar-refractivity contribution in [1.82, 2.24) is 4.98 Å². The molecule has 0 aliphatic carbocycles. The second kappa shape index (κ2) is 3.85. The second-order valence-electron chi connectivity index (χ2n) is 4.60. The number of thiazole rings is 1. The Labute approximate surface area is 94.7 Å². The summed E-state index contributed by atoms with van der Waals surface area (Å²) in [6, 6.07) is 0. The van der Waals surface area contributed by atoms with Gasteiger partial charge in [-0.3, -0.25) is 0 Å².